The van der Waals surface area contributed by atoms with Crippen LogP contribution in [-0.2, 0) is 9.39 Å². The molecule has 9 aromatic heterocycles. The number of aromatic amines is 1. The van der Waals surface area contributed by atoms with Crippen LogP contribution >= 0.6 is 57.2 Å². The Balaban J connectivity index is 0.000000220. The summed E-state index contributed by atoms with van der Waals surface area (Å²) in [5.74, 6) is -0.921. The Kier molecular flexibility index (Phi) is 32.8. The largest absolute Gasteiger partial charge is 0.464 e. The van der Waals surface area contributed by atoms with E-state index in [0.29, 0.717) is 91.3 Å². The lowest BCUT2D eigenvalue weighted by molar-refractivity contribution is -0.0893. The third-order valence-corrected chi connectivity index (χ3v) is 19.0. The number of H-pyrrole nitrogens is 1. The molecule has 0 aliphatic carbocycles. The maximum absolute atomic E-state index is 12.7. The van der Waals surface area contributed by atoms with Gasteiger partial charge >= 0.3 is 13.5 Å². The number of rotatable bonds is 19. The average Bonchev–Trinajstić information content (AvgIpc) is 1.68. The predicted octanol–water partition coefficient (Wildman–Crippen LogP) is 8.92. The molecule has 12 heterocycles. The van der Waals surface area contributed by atoms with Gasteiger partial charge in [0, 0.05) is 111 Å². The lowest BCUT2D eigenvalue weighted by atomic mass is 9.85. The first-order valence-corrected chi connectivity index (χ1v) is 36.6. The van der Waals surface area contributed by atoms with Crippen LogP contribution in [0.15, 0.2) is 78.9 Å². The molecule has 12 rings (SSSR count). The number of hydrogen-bond donors (Lipinski definition) is 11. The fourth-order valence-corrected chi connectivity index (χ4v) is 12.6. The number of nitrogens with zero attached hydrogens (tertiary/aromatic N) is 15. The molecule has 0 unspecified atom stereocenters. The number of aliphatic hydroxyl groups excluding tert-OH is 4. The SMILES string of the molecule is C.CC(C)(O)C(C)(C)O[B]c1ccc(/C=C(/C#N)C=N)[nH]1.CC(C)Nc1cc(-c2ccc3cc(C#N)cnn23)ncc1-c1nnc(C(=O)N2CC[C@H](O)C2)s1.CC(C)Nc1cc(Cl)ncc1-c1nnc(C(=O)N2CC[C@H](O)C2)s1.CO.COC(=O)c1nnc(-c2cnc(Cl)cc2NC(C)C)s1.O[C@H]1CCNC1. The van der Waals surface area contributed by atoms with E-state index in [0.717, 1.165) is 94.7 Å². The van der Waals surface area contributed by atoms with Crippen LogP contribution in [0.25, 0.3) is 54.7 Å². The van der Waals surface area contributed by atoms with Crippen LogP contribution in [-0.4, -0.2) is 228 Å². The summed E-state index contributed by atoms with van der Waals surface area (Å²) in [6.07, 6.45) is 10.1. The molecule has 0 aromatic carbocycles. The number of allylic oxidation sites excluding steroid dienone is 1. The van der Waals surface area contributed by atoms with E-state index in [1.165, 1.54) is 43.5 Å². The van der Waals surface area contributed by atoms with Gasteiger partial charge in [-0.25, -0.2) is 19.3 Å². The number of fused-ring (bicyclic) bond motifs is 1. The van der Waals surface area contributed by atoms with Crippen molar-refractivity contribution < 1.29 is 49.3 Å². The highest BCUT2D eigenvalue weighted by Crippen LogP contribution is 2.37. The van der Waals surface area contributed by atoms with E-state index in [2.05, 4.69) is 87.7 Å². The van der Waals surface area contributed by atoms with Crippen LogP contribution in [0.1, 0.15) is 137 Å². The Labute approximate surface area is 643 Å². The fourth-order valence-electron chi connectivity index (χ4n) is 9.82. The summed E-state index contributed by atoms with van der Waals surface area (Å²) in [6, 6.07) is 19.1. The summed E-state index contributed by atoms with van der Waals surface area (Å²) in [5, 5.41) is 115. The third-order valence-electron chi connectivity index (χ3n) is 15.8. The Hall–Kier alpha value is -9.34. The van der Waals surface area contributed by atoms with Gasteiger partial charge in [0.1, 0.15) is 22.4 Å². The molecule has 3 aliphatic heterocycles. The number of methoxy groups -OCH3 is 1. The van der Waals surface area contributed by atoms with E-state index in [1.54, 1.807) is 97.0 Å². The molecule has 37 heteroatoms. The van der Waals surface area contributed by atoms with Crippen LogP contribution in [0.5, 0.6) is 0 Å². The van der Waals surface area contributed by atoms with Crippen molar-refractivity contribution in [2.75, 3.05) is 69.4 Å². The zero-order chi connectivity index (χ0) is 77.6. The number of nitrogens with one attached hydrogen (secondary N) is 6. The van der Waals surface area contributed by atoms with Crippen molar-refractivity contribution in [2.45, 2.75) is 144 Å². The van der Waals surface area contributed by atoms with E-state index in [-0.39, 0.29) is 54.1 Å². The number of β-amino-alcohol motifs (C(OH)–C–C–N with tert-alkyl or cyclic N) is 3. The standard InChI is InChI=1S/C23H22N8O2S.C15H18ClN5O2S.C14H19BN3O2.C12H13ClN4O2S.C4H9NO.CH4O.CH4/c1-13(2)27-18-8-19(20-4-3-15-7-14(9-24)10-26-31(15)20)25-11-17(18)21-28-29-22(34-21)23(33)30-6-5-16(32)12-30;1-8(2)18-11-5-12(16)17-6-10(11)13-19-20-14(24-13)15(23)21-4-3-9(22)7-21;1-13(2,19)14(3,4)20-15-12-6-5-11(18-12)7-10(8-16)9-17;1-6(2)15-8-4-9(13)14-5-7(8)10-16-17-11(20-10)12(18)19-3;6-4-1-2-5-3-4;1-2;/h3-4,7-8,10-11,13,16,32H,5-6,12H2,1-2H3,(H,25,27);5-6,8-9,22H,3-4,7H2,1-2H3,(H,17,18);5-8,16,18-19H,1-4H3;4-6H,1-3H3,(H,14,15);4-6H,1-3H2;2H,1H3;1H4/b;;10-7+,16-8?;;;;/t16-;9-;;;4-;;/m00..0../s1. The summed E-state index contributed by atoms with van der Waals surface area (Å²) in [7, 11) is 3.84. The summed E-state index contributed by atoms with van der Waals surface area (Å²) >= 11 is 15.5. The maximum Gasteiger partial charge on any atom is 0.369 e. The van der Waals surface area contributed by atoms with Crippen molar-refractivity contribution in [3.05, 3.63) is 115 Å². The number of pyridine rings is 3. The first kappa shape index (κ1) is 86.6. The monoisotopic (exact) mass is 1560 g/mol. The number of nitriles is 2. The second-order valence-corrected chi connectivity index (χ2v) is 29.5. The Bertz CT molecular complexity index is 4560. The number of anilines is 3. The molecule has 0 bridgehead atoms. The second kappa shape index (κ2) is 40.6. The Morgan fingerprint density at radius 1 is 0.701 bits per heavy atom. The molecule has 3 saturated heterocycles. The summed E-state index contributed by atoms with van der Waals surface area (Å²) < 4.78 is 12.0. The molecular formula is C70H89BCl2N21O10S3. The normalized spacial score (nSPS) is 15.3. The van der Waals surface area contributed by atoms with Gasteiger partial charge < -0.3 is 76.4 Å². The van der Waals surface area contributed by atoms with Gasteiger partial charge in [-0.1, -0.05) is 64.6 Å². The van der Waals surface area contributed by atoms with Gasteiger partial charge in [0.15, 0.2) is 15.0 Å². The zero-order valence-electron chi connectivity index (χ0n) is 60.5. The number of aliphatic hydroxyl groups is 5. The summed E-state index contributed by atoms with van der Waals surface area (Å²) in [4.78, 5) is 55.6. The van der Waals surface area contributed by atoms with E-state index in [1.807, 2.05) is 65.8 Å². The second-order valence-electron chi connectivity index (χ2n) is 25.8. The van der Waals surface area contributed by atoms with Crippen molar-refractivity contribution in [2.24, 2.45) is 0 Å². The zero-order valence-corrected chi connectivity index (χ0v) is 64.4. The lowest BCUT2D eigenvalue weighted by Crippen LogP contribution is -2.49. The first-order chi connectivity index (χ1) is 50.5. The van der Waals surface area contributed by atoms with Gasteiger partial charge in [-0.15, -0.1) is 30.6 Å². The maximum atomic E-state index is 12.7. The van der Waals surface area contributed by atoms with E-state index < -0.39 is 29.4 Å². The highest BCUT2D eigenvalue weighted by molar-refractivity contribution is 7.17. The molecule has 2 amide bonds. The highest BCUT2D eigenvalue weighted by atomic mass is 35.5. The van der Waals surface area contributed by atoms with Crippen molar-refractivity contribution in [3.8, 4) is 55.2 Å². The van der Waals surface area contributed by atoms with Gasteiger partial charge in [0.2, 0.25) is 15.0 Å². The van der Waals surface area contributed by atoms with Gasteiger partial charge in [0.05, 0.1) is 87.6 Å². The quantitative estimate of drug-likeness (QED) is 0.0118. The number of ether oxygens (including phenoxy) is 1. The Morgan fingerprint density at radius 2 is 1.20 bits per heavy atom. The van der Waals surface area contributed by atoms with Crippen molar-refractivity contribution in [1.82, 2.24) is 75.3 Å². The molecule has 3 fully saturated rings. The minimum atomic E-state index is -0.979. The van der Waals surface area contributed by atoms with Gasteiger partial charge in [-0.2, -0.15) is 15.6 Å². The molecule has 31 nitrogen and oxygen atoms in total. The summed E-state index contributed by atoms with van der Waals surface area (Å²) in [5.41, 5.74) is 7.43. The molecule has 107 heavy (non-hydrogen) atoms. The van der Waals surface area contributed by atoms with Crippen LogP contribution in [0, 0.1) is 28.1 Å². The number of likely N-dealkylation sites (tertiary alicyclic amines) is 2. The molecule has 3 aliphatic rings. The lowest BCUT2D eigenvalue weighted by Gasteiger charge is -2.37. The molecule has 569 valence electrons. The number of aromatic nitrogens is 12. The number of hydrogen-bond acceptors (Lipinski definition) is 30. The Morgan fingerprint density at radius 3 is 1.62 bits per heavy atom. The molecule has 3 atom stereocenters. The van der Waals surface area contributed by atoms with E-state index in [9.17, 15) is 29.7 Å². The van der Waals surface area contributed by atoms with E-state index in [4.69, 9.17) is 54.0 Å². The minimum absolute atomic E-state index is 0. The topological polar surface area (TPSA) is 446 Å². The van der Waals surface area contributed by atoms with Gasteiger partial charge in [-0.3, -0.25) is 14.6 Å². The van der Waals surface area contributed by atoms with Gasteiger partial charge in [-0.05, 0) is 150 Å². The predicted molar refractivity (Wildman–Crippen MR) is 417 cm³/mol. The van der Waals surface area contributed by atoms with Crippen LogP contribution in [0.4, 0.5) is 17.1 Å². The molecule has 0 spiro atoms. The fraction of sp³-hybridized carbons (Fsp3) is 0.429. The number of halogens is 2. The van der Waals surface area contributed by atoms with Crippen LogP contribution in [0.2, 0.25) is 10.3 Å². The van der Waals surface area contributed by atoms with Crippen molar-refractivity contribution in [3.63, 3.8) is 0 Å². The van der Waals surface area contributed by atoms with Crippen molar-refractivity contribution in [1.29, 1.82) is 15.9 Å². The minimum Gasteiger partial charge on any atom is -0.464 e. The number of carbonyl (C=O) groups is 3. The van der Waals surface area contributed by atoms with Gasteiger partial charge in [0.25, 0.3) is 11.8 Å². The van der Waals surface area contributed by atoms with Crippen LogP contribution < -0.4 is 26.9 Å². The van der Waals surface area contributed by atoms with Crippen molar-refractivity contribution >= 4 is 123 Å². The molecule has 11 N–H and O–H groups in total. The summed E-state index contributed by atoms with van der Waals surface area (Å²) in [6.45, 7) is 22.6. The smallest absolute Gasteiger partial charge is 0.369 e. The van der Waals surface area contributed by atoms with E-state index >= 15 is 0 Å². The van der Waals surface area contributed by atoms with Crippen LogP contribution in [0.3, 0.4) is 0 Å². The molecule has 9 aromatic rings. The molecule has 1 radical (unpaired) electrons. The molecule has 0 saturated carbocycles. The number of amides is 2. The molecular weight excluding hydrogens is 1470 g/mol. The number of carbonyl (C=O) groups excluding carboxylic acids is 3. The first-order valence-electron chi connectivity index (χ1n) is 33.4. The average molecular weight is 1560 g/mol. The number of esters is 1. The highest BCUT2D eigenvalue weighted by Gasteiger charge is 2.36. The third kappa shape index (κ3) is 24.6.